The van der Waals surface area contributed by atoms with Crippen LogP contribution >= 0.6 is 27.5 Å². The van der Waals surface area contributed by atoms with Crippen LogP contribution in [0.4, 0.5) is 0 Å². The van der Waals surface area contributed by atoms with Gasteiger partial charge in [0.05, 0.1) is 5.92 Å². The third-order valence-corrected chi connectivity index (χ3v) is 2.63. The standard InChI is InChI=1S/C9H8BrClO2/c1-5(9(12)13)7-4-6(10)2-3-8(7)11/h2-5H,1H3,(H,12,13). The molecule has 1 aromatic carbocycles. The zero-order valence-corrected chi connectivity index (χ0v) is 9.26. The van der Waals surface area contributed by atoms with Crippen molar-refractivity contribution >= 4 is 33.5 Å². The average Bonchev–Trinajstić information content (AvgIpc) is 2.08. The minimum atomic E-state index is -0.875. The molecule has 1 atom stereocenters. The molecule has 2 nitrogen and oxygen atoms in total. The molecule has 1 unspecified atom stereocenters. The van der Waals surface area contributed by atoms with Gasteiger partial charge in [0.25, 0.3) is 0 Å². The average molecular weight is 264 g/mol. The largest absolute Gasteiger partial charge is 0.481 e. The first-order valence-electron chi connectivity index (χ1n) is 3.70. The summed E-state index contributed by atoms with van der Waals surface area (Å²) in [5.74, 6) is -1.45. The fourth-order valence-corrected chi connectivity index (χ4v) is 1.64. The number of aliphatic carboxylic acids is 1. The van der Waals surface area contributed by atoms with E-state index in [1.165, 1.54) is 0 Å². The Balaban J connectivity index is 3.12. The van der Waals surface area contributed by atoms with Crippen molar-refractivity contribution in [2.24, 2.45) is 0 Å². The molecule has 0 aromatic heterocycles. The Hall–Kier alpha value is -0.540. The van der Waals surface area contributed by atoms with Crippen LogP contribution < -0.4 is 0 Å². The molecule has 0 aliphatic carbocycles. The topological polar surface area (TPSA) is 37.3 Å². The quantitative estimate of drug-likeness (QED) is 0.889. The van der Waals surface area contributed by atoms with Crippen LogP contribution in [0.25, 0.3) is 0 Å². The second-order valence-corrected chi connectivity index (χ2v) is 4.05. The summed E-state index contributed by atoms with van der Waals surface area (Å²) in [4.78, 5) is 10.7. The first-order chi connectivity index (χ1) is 6.02. The van der Waals surface area contributed by atoms with Crippen molar-refractivity contribution in [1.82, 2.24) is 0 Å². The zero-order valence-electron chi connectivity index (χ0n) is 6.92. The van der Waals surface area contributed by atoms with Gasteiger partial charge in [0.15, 0.2) is 0 Å². The van der Waals surface area contributed by atoms with E-state index in [1.807, 2.05) is 0 Å². The summed E-state index contributed by atoms with van der Waals surface area (Å²) in [7, 11) is 0. The fraction of sp³-hybridized carbons (Fsp3) is 0.222. The Morgan fingerprint density at radius 2 is 2.23 bits per heavy atom. The minimum absolute atomic E-state index is 0.484. The molecular formula is C9H8BrClO2. The van der Waals surface area contributed by atoms with Crippen LogP contribution in [0.3, 0.4) is 0 Å². The summed E-state index contributed by atoms with van der Waals surface area (Å²) in [6, 6.07) is 5.18. The summed E-state index contributed by atoms with van der Waals surface area (Å²) in [6.45, 7) is 1.61. The smallest absolute Gasteiger partial charge is 0.310 e. The van der Waals surface area contributed by atoms with Gasteiger partial charge in [0, 0.05) is 9.50 Å². The van der Waals surface area contributed by atoms with Gasteiger partial charge in [-0.3, -0.25) is 4.79 Å². The number of carboxylic acids is 1. The van der Waals surface area contributed by atoms with Crippen LogP contribution in [0.5, 0.6) is 0 Å². The van der Waals surface area contributed by atoms with Gasteiger partial charge in [-0.05, 0) is 30.7 Å². The maximum Gasteiger partial charge on any atom is 0.310 e. The molecule has 13 heavy (non-hydrogen) atoms. The lowest BCUT2D eigenvalue weighted by Crippen LogP contribution is -2.07. The molecule has 4 heteroatoms. The summed E-state index contributed by atoms with van der Waals surface area (Å²) in [6.07, 6.45) is 0. The first kappa shape index (κ1) is 10.5. The highest BCUT2D eigenvalue weighted by Gasteiger charge is 2.16. The van der Waals surface area contributed by atoms with E-state index in [1.54, 1.807) is 25.1 Å². The second-order valence-electron chi connectivity index (χ2n) is 2.73. The van der Waals surface area contributed by atoms with Crippen molar-refractivity contribution in [3.05, 3.63) is 33.3 Å². The number of hydrogen-bond acceptors (Lipinski definition) is 1. The molecule has 70 valence electrons. The van der Waals surface area contributed by atoms with E-state index >= 15 is 0 Å². The number of hydrogen-bond donors (Lipinski definition) is 1. The van der Waals surface area contributed by atoms with Gasteiger partial charge >= 0.3 is 5.97 Å². The van der Waals surface area contributed by atoms with Crippen molar-refractivity contribution in [3.8, 4) is 0 Å². The zero-order chi connectivity index (χ0) is 10.0. The van der Waals surface area contributed by atoms with E-state index in [0.29, 0.717) is 10.6 Å². The summed E-state index contributed by atoms with van der Waals surface area (Å²) in [5.41, 5.74) is 0.628. The van der Waals surface area contributed by atoms with Crippen molar-refractivity contribution in [2.75, 3.05) is 0 Å². The van der Waals surface area contributed by atoms with Crippen LogP contribution in [-0.2, 0) is 4.79 Å². The molecule has 1 aromatic rings. The third kappa shape index (κ3) is 2.45. The number of rotatable bonds is 2. The van der Waals surface area contributed by atoms with E-state index in [9.17, 15) is 4.79 Å². The van der Waals surface area contributed by atoms with Gasteiger partial charge < -0.3 is 5.11 Å². The summed E-state index contributed by atoms with van der Waals surface area (Å²) < 4.78 is 0.833. The third-order valence-electron chi connectivity index (χ3n) is 1.79. The van der Waals surface area contributed by atoms with E-state index in [-0.39, 0.29) is 0 Å². The number of carbonyl (C=O) groups is 1. The minimum Gasteiger partial charge on any atom is -0.481 e. The van der Waals surface area contributed by atoms with Gasteiger partial charge in [-0.2, -0.15) is 0 Å². The van der Waals surface area contributed by atoms with Crippen LogP contribution in [0.1, 0.15) is 18.4 Å². The fourth-order valence-electron chi connectivity index (χ4n) is 0.979. The molecule has 0 aliphatic rings. The van der Waals surface area contributed by atoms with Crippen molar-refractivity contribution in [3.63, 3.8) is 0 Å². The first-order valence-corrected chi connectivity index (χ1v) is 4.87. The SMILES string of the molecule is CC(C(=O)O)c1cc(Br)ccc1Cl. The van der Waals surface area contributed by atoms with E-state index in [2.05, 4.69) is 15.9 Å². The van der Waals surface area contributed by atoms with Crippen LogP contribution in [0.15, 0.2) is 22.7 Å². The van der Waals surface area contributed by atoms with Crippen LogP contribution in [0.2, 0.25) is 5.02 Å². The molecular weight excluding hydrogens is 255 g/mol. The molecule has 0 radical (unpaired) electrons. The molecule has 0 amide bonds. The Bertz CT molecular complexity index is 338. The van der Waals surface area contributed by atoms with Crippen LogP contribution in [-0.4, -0.2) is 11.1 Å². The normalized spacial score (nSPS) is 12.5. The van der Waals surface area contributed by atoms with Crippen molar-refractivity contribution in [2.45, 2.75) is 12.8 Å². The molecule has 0 heterocycles. The number of halogens is 2. The van der Waals surface area contributed by atoms with E-state index < -0.39 is 11.9 Å². The Labute approximate surface area is 89.7 Å². The van der Waals surface area contributed by atoms with Gasteiger partial charge in [-0.1, -0.05) is 27.5 Å². The predicted molar refractivity (Wildman–Crippen MR) is 55.2 cm³/mol. The molecule has 0 spiro atoms. The lowest BCUT2D eigenvalue weighted by atomic mass is 10.0. The predicted octanol–water partition coefficient (Wildman–Crippen LogP) is 3.29. The van der Waals surface area contributed by atoms with E-state index in [4.69, 9.17) is 16.7 Å². The lowest BCUT2D eigenvalue weighted by Gasteiger charge is -2.08. The molecule has 0 saturated carbocycles. The summed E-state index contributed by atoms with van der Waals surface area (Å²) >= 11 is 9.11. The molecule has 0 saturated heterocycles. The molecule has 0 bridgehead atoms. The molecule has 1 rings (SSSR count). The Morgan fingerprint density at radius 3 is 2.77 bits per heavy atom. The lowest BCUT2D eigenvalue weighted by molar-refractivity contribution is -0.138. The van der Waals surface area contributed by atoms with Crippen molar-refractivity contribution in [1.29, 1.82) is 0 Å². The summed E-state index contributed by atoms with van der Waals surface area (Å²) in [5, 5.41) is 9.26. The van der Waals surface area contributed by atoms with Gasteiger partial charge in [-0.25, -0.2) is 0 Å². The molecule has 1 N–H and O–H groups in total. The van der Waals surface area contributed by atoms with Gasteiger partial charge in [0.2, 0.25) is 0 Å². The highest BCUT2D eigenvalue weighted by molar-refractivity contribution is 9.10. The van der Waals surface area contributed by atoms with E-state index in [0.717, 1.165) is 4.47 Å². The number of benzene rings is 1. The second kappa shape index (κ2) is 4.11. The maximum atomic E-state index is 10.7. The maximum absolute atomic E-state index is 10.7. The Kier molecular flexibility index (Phi) is 3.33. The Morgan fingerprint density at radius 1 is 1.62 bits per heavy atom. The molecule has 0 aliphatic heterocycles. The molecule has 0 fully saturated rings. The van der Waals surface area contributed by atoms with Crippen molar-refractivity contribution < 1.29 is 9.90 Å². The monoisotopic (exact) mass is 262 g/mol. The highest BCUT2D eigenvalue weighted by atomic mass is 79.9. The van der Waals surface area contributed by atoms with Crippen LogP contribution in [0, 0.1) is 0 Å². The van der Waals surface area contributed by atoms with Gasteiger partial charge in [0.1, 0.15) is 0 Å². The number of carboxylic acid groups (broad SMARTS) is 1. The highest BCUT2D eigenvalue weighted by Crippen LogP contribution is 2.27. The van der Waals surface area contributed by atoms with Gasteiger partial charge in [-0.15, -0.1) is 0 Å².